The highest BCUT2D eigenvalue weighted by Crippen LogP contribution is 2.29. The highest BCUT2D eigenvalue weighted by Gasteiger charge is 2.22. The van der Waals surface area contributed by atoms with E-state index in [9.17, 15) is 9.59 Å². The van der Waals surface area contributed by atoms with Gasteiger partial charge in [-0.1, -0.05) is 43.0 Å². The molecule has 0 spiro atoms. The van der Waals surface area contributed by atoms with E-state index >= 15 is 0 Å². The zero-order valence-electron chi connectivity index (χ0n) is 16.5. The third-order valence-electron chi connectivity index (χ3n) is 4.86. The monoisotopic (exact) mass is 420 g/mol. The highest BCUT2D eigenvalue weighted by molar-refractivity contribution is 8.00. The van der Waals surface area contributed by atoms with Crippen LogP contribution in [0.15, 0.2) is 59.8 Å². The molecule has 1 unspecified atom stereocenters. The second-order valence-electron chi connectivity index (χ2n) is 6.91. The van der Waals surface area contributed by atoms with Crippen molar-refractivity contribution in [1.82, 2.24) is 14.6 Å². The number of carbonyl (C=O) groups excluding carboxylic acids is 1. The van der Waals surface area contributed by atoms with Gasteiger partial charge in [0.15, 0.2) is 10.8 Å². The Morgan fingerprint density at radius 1 is 1.13 bits per heavy atom. The molecule has 0 saturated heterocycles. The molecule has 2 aromatic heterocycles. The third kappa shape index (κ3) is 3.73. The molecule has 2 aromatic carbocycles. The van der Waals surface area contributed by atoms with Crippen molar-refractivity contribution in [3.05, 3.63) is 65.7 Å². The summed E-state index contributed by atoms with van der Waals surface area (Å²) in [5, 5.41) is 21.9. The molecule has 7 nitrogen and oxygen atoms in total. The summed E-state index contributed by atoms with van der Waals surface area (Å²) < 4.78 is 1.97. The molecule has 0 aliphatic heterocycles. The number of benzene rings is 2. The van der Waals surface area contributed by atoms with Gasteiger partial charge in [-0.15, -0.1) is 10.2 Å². The van der Waals surface area contributed by atoms with E-state index in [-0.39, 0.29) is 11.5 Å². The Labute approximate surface area is 177 Å². The lowest BCUT2D eigenvalue weighted by molar-refractivity contribution is -0.115. The van der Waals surface area contributed by atoms with Crippen molar-refractivity contribution >= 4 is 45.9 Å². The van der Waals surface area contributed by atoms with Gasteiger partial charge < -0.3 is 10.4 Å². The molecule has 0 fully saturated rings. The topological polar surface area (TPSA) is 96.6 Å². The van der Waals surface area contributed by atoms with Gasteiger partial charge in [0.2, 0.25) is 5.91 Å². The number of thioether (sulfide) groups is 1. The van der Waals surface area contributed by atoms with Crippen molar-refractivity contribution in [2.45, 2.75) is 30.7 Å². The number of aromatic nitrogens is 3. The van der Waals surface area contributed by atoms with Crippen molar-refractivity contribution in [3.8, 4) is 0 Å². The first-order chi connectivity index (χ1) is 14.5. The minimum atomic E-state index is -1.04. The summed E-state index contributed by atoms with van der Waals surface area (Å²) in [7, 11) is 0. The van der Waals surface area contributed by atoms with Gasteiger partial charge in [-0.25, -0.2) is 4.79 Å². The fraction of sp³-hybridized carbons (Fsp3) is 0.182. The quantitative estimate of drug-likeness (QED) is 0.449. The molecule has 0 radical (unpaired) electrons. The van der Waals surface area contributed by atoms with Gasteiger partial charge in [0.25, 0.3) is 0 Å². The minimum Gasteiger partial charge on any atom is -0.478 e. The molecule has 1 atom stereocenters. The Bertz CT molecular complexity index is 1270. The number of fused-ring (bicyclic) bond motifs is 3. The summed E-state index contributed by atoms with van der Waals surface area (Å²) in [5.41, 5.74) is 3.41. The van der Waals surface area contributed by atoms with Gasteiger partial charge >= 0.3 is 5.97 Å². The van der Waals surface area contributed by atoms with E-state index in [1.54, 1.807) is 12.1 Å². The lowest BCUT2D eigenvalue weighted by Gasteiger charge is -2.14. The Hall–Kier alpha value is -3.39. The number of carboxylic acid groups (broad SMARTS) is 1. The smallest absolute Gasteiger partial charge is 0.335 e. The van der Waals surface area contributed by atoms with E-state index in [2.05, 4.69) is 21.6 Å². The maximum atomic E-state index is 12.9. The van der Waals surface area contributed by atoms with Gasteiger partial charge in [0, 0.05) is 11.1 Å². The number of hydrogen-bond acceptors (Lipinski definition) is 5. The Kier molecular flexibility index (Phi) is 5.41. The van der Waals surface area contributed by atoms with Crippen molar-refractivity contribution in [3.63, 3.8) is 0 Å². The van der Waals surface area contributed by atoms with E-state index in [4.69, 9.17) is 5.11 Å². The van der Waals surface area contributed by atoms with Gasteiger partial charge in [-0.2, -0.15) is 0 Å². The van der Waals surface area contributed by atoms with Gasteiger partial charge in [0.05, 0.1) is 16.3 Å². The fourth-order valence-corrected chi connectivity index (χ4v) is 4.33. The average molecular weight is 420 g/mol. The molecular weight excluding hydrogens is 400 g/mol. The van der Waals surface area contributed by atoms with E-state index in [1.807, 2.05) is 42.5 Å². The van der Waals surface area contributed by atoms with E-state index in [1.165, 1.54) is 23.9 Å². The van der Waals surface area contributed by atoms with Crippen LogP contribution in [-0.2, 0) is 4.79 Å². The second-order valence-corrected chi connectivity index (χ2v) is 8.08. The highest BCUT2D eigenvalue weighted by atomic mass is 32.2. The van der Waals surface area contributed by atoms with Gasteiger partial charge in [-0.3, -0.25) is 9.20 Å². The number of hydrogen-bond donors (Lipinski definition) is 2. The Balaban J connectivity index is 1.63. The molecule has 152 valence electrons. The van der Waals surface area contributed by atoms with Crippen molar-refractivity contribution in [2.24, 2.45) is 0 Å². The number of para-hydroxylation sites is 1. The van der Waals surface area contributed by atoms with Crippen LogP contribution in [0.1, 0.15) is 29.3 Å². The van der Waals surface area contributed by atoms with E-state index < -0.39 is 11.2 Å². The van der Waals surface area contributed by atoms with Gasteiger partial charge in [0.1, 0.15) is 0 Å². The zero-order valence-corrected chi connectivity index (χ0v) is 17.3. The minimum absolute atomic E-state index is 0.124. The second kappa shape index (κ2) is 8.16. The molecule has 30 heavy (non-hydrogen) atoms. The molecule has 1 amide bonds. The van der Waals surface area contributed by atoms with Gasteiger partial charge in [-0.05, 0) is 49.2 Å². The number of anilines is 1. The summed E-state index contributed by atoms with van der Waals surface area (Å²) in [6.45, 7) is 3.97. The third-order valence-corrected chi connectivity index (χ3v) is 6.17. The first-order valence-electron chi connectivity index (χ1n) is 9.52. The predicted octanol–water partition coefficient (Wildman–Crippen LogP) is 4.40. The summed E-state index contributed by atoms with van der Waals surface area (Å²) in [5.74, 6) is -1.25. The number of rotatable bonds is 6. The molecule has 8 heteroatoms. The number of carbonyl (C=O) groups is 2. The molecule has 0 aliphatic rings. The predicted molar refractivity (Wildman–Crippen MR) is 117 cm³/mol. The molecule has 2 heterocycles. The SMILES string of the molecule is CCC(Sc1nnc2cc(C)c3ccccc3n12)C(=O)Nc1cccc(C(=O)O)c1. The van der Waals surface area contributed by atoms with Crippen LogP contribution < -0.4 is 5.32 Å². The van der Waals surface area contributed by atoms with Crippen molar-refractivity contribution in [2.75, 3.05) is 5.32 Å². The van der Waals surface area contributed by atoms with Crippen LogP contribution in [0.2, 0.25) is 0 Å². The molecular formula is C22H20N4O3S. The zero-order chi connectivity index (χ0) is 21.3. The number of amides is 1. The van der Waals surface area contributed by atoms with E-state index in [0.717, 1.165) is 22.1 Å². The Morgan fingerprint density at radius 3 is 2.70 bits per heavy atom. The standard InChI is InChI=1S/C22H20N4O3S/c1-3-18(20(27)23-15-8-6-7-14(12-15)21(28)29)30-22-25-24-19-11-13(2)16-9-4-5-10-17(16)26(19)22/h4-12,18H,3H2,1-2H3,(H,23,27)(H,28,29). The summed E-state index contributed by atoms with van der Waals surface area (Å²) in [6, 6.07) is 16.2. The number of nitrogens with zero attached hydrogens (tertiary/aromatic N) is 3. The summed E-state index contributed by atoms with van der Waals surface area (Å²) >= 11 is 1.34. The molecule has 4 rings (SSSR count). The van der Waals surface area contributed by atoms with Crippen LogP contribution in [0.3, 0.4) is 0 Å². The molecule has 2 N–H and O–H groups in total. The first kappa shape index (κ1) is 19.9. The molecule has 0 aliphatic carbocycles. The van der Waals surface area contributed by atoms with Crippen LogP contribution in [0.4, 0.5) is 5.69 Å². The van der Waals surface area contributed by atoms with Crippen LogP contribution in [0.25, 0.3) is 16.6 Å². The largest absolute Gasteiger partial charge is 0.478 e. The van der Waals surface area contributed by atoms with Crippen LogP contribution >= 0.6 is 11.8 Å². The summed E-state index contributed by atoms with van der Waals surface area (Å²) in [6.07, 6.45) is 0.577. The number of nitrogens with one attached hydrogen (secondary N) is 1. The normalized spacial score (nSPS) is 12.2. The maximum absolute atomic E-state index is 12.9. The lowest BCUT2D eigenvalue weighted by atomic mass is 10.1. The lowest BCUT2D eigenvalue weighted by Crippen LogP contribution is -2.25. The molecule has 0 saturated carbocycles. The number of pyridine rings is 1. The van der Waals surface area contributed by atoms with E-state index in [0.29, 0.717) is 17.3 Å². The Morgan fingerprint density at radius 2 is 1.93 bits per heavy atom. The van der Waals surface area contributed by atoms with Crippen LogP contribution in [0.5, 0.6) is 0 Å². The number of aromatic carboxylic acids is 1. The summed E-state index contributed by atoms with van der Waals surface area (Å²) in [4.78, 5) is 24.0. The maximum Gasteiger partial charge on any atom is 0.335 e. The van der Waals surface area contributed by atoms with Crippen molar-refractivity contribution in [1.29, 1.82) is 0 Å². The number of carboxylic acids is 1. The molecule has 4 aromatic rings. The van der Waals surface area contributed by atoms with Crippen molar-refractivity contribution < 1.29 is 14.7 Å². The van der Waals surface area contributed by atoms with Crippen LogP contribution in [0, 0.1) is 6.92 Å². The fourth-order valence-electron chi connectivity index (χ4n) is 3.35. The molecule has 0 bridgehead atoms. The number of aryl methyl sites for hydroxylation is 1. The average Bonchev–Trinajstić information content (AvgIpc) is 3.14. The van der Waals surface area contributed by atoms with Crippen LogP contribution in [-0.4, -0.2) is 36.8 Å². The first-order valence-corrected chi connectivity index (χ1v) is 10.4.